The zero-order valence-corrected chi connectivity index (χ0v) is 13.2. The normalized spacial score (nSPS) is 12.6. The van der Waals surface area contributed by atoms with E-state index in [2.05, 4.69) is 10.6 Å². The molecule has 0 aliphatic rings. The van der Waals surface area contributed by atoms with Crippen LogP contribution in [0.15, 0.2) is 42.5 Å². The minimum absolute atomic E-state index is 0.0854. The summed E-state index contributed by atoms with van der Waals surface area (Å²) in [6.07, 6.45) is -4.65. The number of carbonyl (C=O) groups is 1. The molecule has 8 heteroatoms. The van der Waals surface area contributed by atoms with Gasteiger partial charge in [0, 0.05) is 10.7 Å². The van der Waals surface area contributed by atoms with Gasteiger partial charge in [0.15, 0.2) is 0 Å². The number of rotatable bonds is 4. The van der Waals surface area contributed by atoms with E-state index >= 15 is 0 Å². The molecule has 0 saturated heterocycles. The van der Waals surface area contributed by atoms with E-state index in [0.29, 0.717) is 5.69 Å². The summed E-state index contributed by atoms with van der Waals surface area (Å²) in [5.74, 6) is -1.11. The molecule has 1 unspecified atom stereocenters. The summed E-state index contributed by atoms with van der Waals surface area (Å²) >= 11 is 5.59. The molecule has 0 aromatic heterocycles. The summed E-state index contributed by atoms with van der Waals surface area (Å²) in [7, 11) is 0. The molecule has 0 fully saturated rings. The second-order valence-corrected chi connectivity index (χ2v) is 5.49. The van der Waals surface area contributed by atoms with Gasteiger partial charge < -0.3 is 10.6 Å². The minimum Gasteiger partial charge on any atom is -0.374 e. The summed E-state index contributed by atoms with van der Waals surface area (Å²) in [6.45, 7) is 1.47. The Kier molecular flexibility index (Phi) is 5.33. The molecule has 2 rings (SSSR count). The molecule has 0 heterocycles. The first-order chi connectivity index (χ1) is 11.2. The van der Waals surface area contributed by atoms with E-state index < -0.39 is 29.5 Å². The van der Waals surface area contributed by atoms with E-state index in [1.165, 1.54) is 37.3 Å². The van der Waals surface area contributed by atoms with Gasteiger partial charge in [0.25, 0.3) is 0 Å². The van der Waals surface area contributed by atoms with Crippen LogP contribution in [0.4, 0.5) is 28.9 Å². The highest BCUT2D eigenvalue weighted by molar-refractivity contribution is 6.30. The lowest BCUT2D eigenvalue weighted by atomic mass is 10.1. The third-order valence-corrected chi connectivity index (χ3v) is 3.40. The van der Waals surface area contributed by atoms with Crippen LogP contribution in [0.25, 0.3) is 0 Å². The van der Waals surface area contributed by atoms with Crippen LogP contribution in [0.3, 0.4) is 0 Å². The molecule has 128 valence electrons. The van der Waals surface area contributed by atoms with E-state index in [0.717, 1.165) is 12.1 Å². The first kappa shape index (κ1) is 18.1. The number of nitrogens with one attached hydrogen (secondary N) is 2. The van der Waals surface area contributed by atoms with Crippen molar-refractivity contribution in [3.05, 3.63) is 58.9 Å². The molecule has 0 aliphatic heterocycles. The van der Waals surface area contributed by atoms with E-state index in [1.54, 1.807) is 0 Å². The zero-order chi connectivity index (χ0) is 17.9. The Morgan fingerprint density at radius 2 is 1.75 bits per heavy atom. The number of anilines is 2. The number of amides is 1. The third-order valence-electron chi connectivity index (χ3n) is 3.17. The molecule has 1 atom stereocenters. The highest BCUT2D eigenvalue weighted by Gasteiger charge is 2.34. The number of hydrogen-bond donors (Lipinski definition) is 2. The average Bonchev–Trinajstić information content (AvgIpc) is 2.50. The van der Waals surface area contributed by atoms with Crippen LogP contribution in [0, 0.1) is 5.82 Å². The first-order valence-electron chi connectivity index (χ1n) is 6.86. The summed E-state index contributed by atoms with van der Waals surface area (Å²) < 4.78 is 51.8. The van der Waals surface area contributed by atoms with E-state index in [1.807, 2.05) is 0 Å². The molecular weight excluding hydrogens is 348 g/mol. The molecular formula is C16H13ClF4N2O. The van der Waals surface area contributed by atoms with Crippen molar-refractivity contribution in [2.45, 2.75) is 19.1 Å². The highest BCUT2D eigenvalue weighted by Crippen LogP contribution is 2.36. The number of hydrogen-bond acceptors (Lipinski definition) is 2. The van der Waals surface area contributed by atoms with Crippen molar-refractivity contribution < 1.29 is 22.4 Å². The fourth-order valence-electron chi connectivity index (χ4n) is 1.96. The van der Waals surface area contributed by atoms with Crippen molar-refractivity contribution >= 4 is 28.9 Å². The average molecular weight is 361 g/mol. The smallest absolute Gasteiger partial charge is 0.374 e. The number of carbonyl (C=O) groups excluding carboxylic acids is 1. The van der Waals surface area contributed by atoms with Gasteiger partial charge >= 0.3 is 6.18 Å². The van der Waals surface area contributed by atoms with Gasteiger partial charge in [-0.2, -0.15) is 13.2 Å². The van der Waals surface area contributed by atoms with Gasteiger partial charge in [-0.1, -0.05) is 11.6 Å². The van der Waals surface area contributed by atoms with E-state index in [9.17, 15) is 22.4 Å². The van der Waals surface area contributed by atoms with Crippen molar-refractivity contribution in [3.8, 4) is 0 Å². The van der Waals surface area contributed by atoms with Crippen molar-refractivity contribution in [2.24, 2.45) is 0 Å². The largest absolute Gasteiger partial charge is 0.418 e. The van der Waals surface area contributed by atoms with Gasteiger partial charge in [0.2, 0.25) is 5.91 Å². The minimum atomic E-state index is -4.65. The molecule has 0 saturated carbocycles. The van der Waals surface area contributed by atoms with Gasteiger partial charge in [-0.25, -0.2) is 4.39 Å². The summed E-state index contributed by atoms with van der Waals surface area (Å²) in [5.41, 5.74) is -0.951. The van der Waals surface area contributed by atoms with Crippen LogP contribution < -0.4 is 10.6 Å². The molecule has 2 aromatic rings. The lowest BCUT2D eigenvalue weighted by Crippen LogP contribution is -2.32. The monoisotopic (exact) mass is 360 g/mol. The Balaban J connectivity index is 2.13. The topological polar surface area (TPSA) is 41.1 Å². The maximum Gasteiger partial charge on any atom is 0.418 e. The Hall–Kier alpha value is -2.28. The fourth-order valence-corrected chi connectivity index (χ4v) is 2.13. The van der Waals surface area contributed by atoms with Crippen molar-refractivity contribution in [2.75, 3.05) is 10.6 Å². The number of alkyl halides is 3. The predicted octanol–water partition coefficient (Wildman–Crippen LogP) is 4.94. The van der Waals surface area contributed by atoms with Crippen molar-refractivity contribution in [1.29, 1.82) is 0 Å². The zero-order valence-electron chi connectivity index (χ0n) is 12.4. The SMILES string of the molecule is CC(Nc1ccc(F)cc1)C(=O)Nc1ccc(Cl)cc1C(F)(F)F. The lowest BCUT2D eigenvalue weighted by molar-refractivity contribution is -0.137. The van der Waals surface area contributed by atoms with Crippen molar-refractivity contribution in [1.82, 2.24) is 0 Å². The maximum absolute atomic E-state index is 13.0. The molecule has 2 N–H and O–H groups in total. The molecule has 0 aliphatic carbocycles. The number of halogens is 5. The maximum atomic E-state index is 13.0. The van der Waals surface area contributed by atoms with Gasteiger partial charge in [-0.15, -0.1) is 0 Å². The Morgan fingerprint density at radius 1 is 1.12 bits per heavy atom. The Bertz CT molecular complexity index is 732. The molecule has 1 amide bonds. The van der Waals surface area contributed by atoms with Crippen LogP contribution in [0.2, 0.25) is 5.02 Å². The van der Waals surface area contributed by atoms with Gasteiger partial charge in [-0.05, 0) is 49.4 Å². The van der Waals surface area contributed by atoms with Crippen LogP contribution in [-0.2, 0) is 11.0 Å². The number of benzene rings is 2. The predicted molar refractivity (Wildman–Crippen MR) is 84.6 cm³/mol. The summed E-state index contributed by atoms with van der Waals surface area (Å²) in [5, 5.41) is 4.91. The van der Waals surface area contributed by atoms with Crippen molar-refractivity contribution in [3.63, 3.8) is 0 Å². The fraction of sp³-hybridized carbons (Fsp3) is 0.188. The first-order valence-corrected chi connectivity index (χ1v) is 7.24. The van der Waals surface area contributed by atoms with Crippen LogP contribution in [0.1, 0.15) is 12.5 Å². The Labute approximate surface area is 140 Å². The summed E-state index contributed by atoms with van der Waals surface area (Å²) in [6, 6.07) is 7.49. The highest BCUT2D eigenvalue weighted by atomic mass is 35.5. The molecule has 2 aromatic carbocycles. The van der Waals surface area contributed by atoms with Gasteiger partial charge in [-0.3, -0.25) is 4.79 Å². The van der Waals surface area contributed by atoms with E-state index in [-0.39, 0.29) is 10.7 Å². The molecule has 3 nitrogen and oxygen atoms in total. The quantitative estimate of drug-likeness (QED) is 0.758. The second kappa shape index (κ2) is 7.09. The molecule has 0 bridgehead atoms. The third kappa shape index (κ3) is 4.61. The van der Waals surface area contributed by atoms with Crippen LogP contribution >= 0.6 is 11.6 Å². The van der Waals surface area contributed by atoms with Gasteiger partial charge in [0.05, 0.1) is 11.3 Å². The molecule has 0 radical (unpaired) electrons. The Morgan fingerprint density at radius 3 is 2.33 bits per heavy atom. The van der Waals surface area contributed by atoms with Crippen LogP contribution in [-0.4, -0.2) is 11.9 Å². The van der Waals surface area contributed by atoms with Crippen LogP contribution in [0.5, 0.6) is 0 Å². The lowest BCUT2D eigenvalue weighted by Gasteiger charge is -2.18. The molecule has 0 spiro atoms. The van der Waals surface area contributed by atoms with Gasteiger partial charge in [0.1, 0.15) is 11.9 Å². The standard InChI is InChI=1S/C16H13ClF4N2O/c1-9(22-12-5-3-11(18)4-6-12)15(24)23-14-7-2-10(17)8-13(14)16(19,20)21/h2-9,22H,1H3,(H,23,24). The molecule has 24 heavy (non-hydrogen) atoms. The van der Waals surface area contributed by atoms with E-state index in [4.69, 9.17) is 11.6 Å². The second-order valence-electron chi connectivity index (χ2n) is 5.05. The summed E-state index contributed by atoms with van der Waals surface area (Å²) in [4.78, 5) is 12.1.